The Hall–Kier alpha value is -1.78. The number of carbonyl (C=O) groups excluding carboxylic acids is 1. The van der Waals surface area contributed by atoms with Crippen LogP contribution in [-0.4, -0.2) is 31.2 Å². The zero-order valence-electron chi connectivity index (χ0n) is 10.6. The molecule has 0 bridgehead atoms. The predicted molar refractivity (Wildman–Crippen MR) is 68.2 cm³/mol. The van der Waals surface area contributed by atoms with E-state index < -0.39 is 5.97 Å². The van der Waals surface area contributed by atoms with Gasteiger partial charge in [-0.05, 0) is 19.4 Å². The second kappa shape index (κ2) is 6.08. The third kappa shape index (κ3) is 3.09. The molecular weight excluding hydrogens is 218 g/mol. The topological polar surface area (TPSA) is 68.5 Å². The standard InChI is InChI=1S/C12H19N3O2/c1-4-6-15(5-2)11-10(12(16)17-3)7-9(13)8-14-11/h7-8H,4-6,13H2,1-3H3. The van der Waals surface area contributed by atoms with Crippen molar-refractivity contribution in [3.63, 3.8) is 0 Å². The highest BCUT2D eigenvalue weighted by Gasteiger charge is 2.17. The van der Waals surface area contributed by atoms with E-state index in [9.17, 15) is 4.79 Å². The van der Waals surface area contributed by atoms with Crippen LogP contribution in [0.1, 0.15) is 30.6 Å². The van der Waals surface area contributed by atoms with Gasteiger partial charge in [-0.25, -0.2) is 9.78 Å². The van der Waals surface area contributed by atoms with Crippen LogP contribution in [0, 0.1) is 0 Å². The van der Waals surface area contributed by atoms with Crippen LogP contribution in [0.25, 0.3) is 0 Å². The molecular formula is C12H19N3O2. The lowest BCUT2D eigenvalue weighted by Crippen LogP contribution is -2.27. The SMILES string of the molecule is CCCN(CC)c1ncc(N)cc1C(=O)OC. The Balaban J connectivity index is 3.16. The van der Waals surface area contributed by atoms with Crippen LogP contribution in [0.3, 0.4) is 0 Å². The first-order valence-electron chi connectivity index (χ1n) is 5.72. The Morgan fingerprint density at radius 2 is 2.24 bits per heavy atom. The molecule has 5 heteroatoms. The molecule has 0 saturated carbocycles. The minimum atomic E-state index is -0.408. The van der Waals surface area contributed by atoms with Gasteiger partial charge in [0.2, 0.25) is 0 Å². The van der Waals surface area contributed by atoms with E-state index in [1.807, 2.05) is 11.8 Å². The van der Waals surface area contributed by atoms with Gasteiger partial charge in [0.05, 0.1) is 19.0 Å². The molecule has 0 amide bonds. The van der Waals surface area contributed by atoms with E-state index >= 15 is 0 Å². The monoisotopic (exact) mass is 237 g/mol. The van der Waals surface area contributed by atoms with E-state index in [4.69, 9.17) is 10.5 Å². The Morgan fingerprint density at radius 3 is 2.76 bits per heavy atom. The summed E-state index contributed by atoms with van der Waals surface area (Å²) in [7, 11) is 1.35. The lowest BCUT2D eigenvalue weighted by molar-refractivity contribution is 0.0601. The zero-order chi connectivity index (χ0) is 12.8. The van der Waals surface area contributed by atoms with Gasteiger partial charge in [0.15, 0.2) is 0 Å². The van der Waals surface area contributed by atoms with Gasteiger partial charge in [-0.15, -0.1) is 0 Å². The van der Waals surface area contributed by atoms with Crippen molar-refractivity contribution < 1.29 is 9.53 Å². The average Bonchev–Trinajstić information content (AvgIpc) is 2.35. The molecule has 0 saturated heterocycles. The summed E-state index contributed by atoms with van der Waals surface area (Å²) in [4.78, 5) is 17.9. The van der Waals surface area contributed by atoms with E-state index in [0.717, 1.165) is 19.5 Å². The number of nitrogens with zero attached hydrogens (tertiary/aromatic N) is 2. The van der Waals surface area contributed by atoms with Crippen molar-refractivity contribution in [3.05, 3.63) is 17.8 Å². The summed E-state index contributed by atoms with van der Waals surface area (Å²) in [6.45, 7) is 5.73. The number of nitrogen functional groups attached to an aromatic ring is 1. The van der Waals surface area contributed by atoms with Gasteiger partial charge in [-0.1, -0.05) is 6.92 Å². The molecule has 0 aromatic carbocycles. The first kappa shape index (κ1) is 13.3. The summed E-state index contributed by atoms with van der Waals surface area (Å²) in [5.74, 6) is 0.227. The highest BCUT2D eigenvalue weighted by atomic mass is 16.5. The summed E-state index contributed by atoms with van der Waals surface area (Å²) < 4.78 is 4.74. The molecule has 0 aliphatic carbocycles. The van der Waals surface area contributed by atoms with Crippen LogP contribution >= 0.6 is 0 Å². The number of ether oxygens (including phenoxy) is 1. The van der Waals surface area contributed by atoms with Crippen LogP contribution in [0.2, 0.25) is 0 Å². The minimum Gasteiger partial charge on any atom is -0.465 e. The number of aromatic nitrogens is 1. The molecule has 0 atom stereocenters. The lowest BCUT2D eigenvalue weighted by atomic mass is 10.2. The van der Waals surface area contributed by atoms with Crippen molar-refractivity contribution in [2.45, 2.75) is 20.3 Å². The summed E-state index contributed by atoms with van der Waals surface area (Å²) in [5.41, 5.74) is 6.53. The number of hydrogen-bond donors (Lipinski definition) is 1. The molecule has 0 aliphatic heterocycles. The maximum absolute atomic E-state index is 11.7. The van der Waals surface area contributed by atoms with Gasteiger partial charge >= 0.3 is 5.97 Å². The Bertz CT molecular complexity index is 393. The number of carbonyl (C=O) groups is 1. The van der Waals surface area contributed by atoms with Crippen LogP contribution in [-0.2, 0) is 4.74 Å². The van der Waals surface area contributed by atoms with E-state index in [1.54, 1.807) is 12.3 Å². The first-order valence-corrected chi connectivity index (χ1v) is 5.72. The molecule has 1 aromatic rings. The zero-order valence-corrected chi connectivity index (χ0v) is 10.6. The molecule has 1 aromatic heterocycles. The summed E-state index contributed by atoms with van der Waals surface area (Å²) in [6.07, 6.45) is 2.54. The van der Waals surface area contributed by atoms with Crippen LogP contribution < -0.4 is 10.6 Å². The fourth-order valence-corrected chi connectivity index (χ4v) is 1.67. The van der Waals surface area contributed by atoms with Gasteiger partial charge < -0.3 is 15.4 Å². The quantitative estimate of drug-likeness (QED) is 0.789. The molecule has 0 aliphatic rings. The largest absolute Gasteiger partial charge is 0.465 e. The van der Waals surface area contributed by atoms with Gasteiger partial charge in [0.25, 0.3) is 0 Å². The minimum absolute atomic E-state index is 0.408. The third-order valence-corrected chi connectivity index (χ3v) is 2.47. The van der Waals surface area contributed by atoms with Gasteiger partial charge in [0, 0.05) is 13.1 Å². The van der Waals surface area contributed by atoms with Crippen molar-refractivity contribution in [3.8, 4) is 0 Å². The number of methoxy groups -OCH3 is 1. The van der Waals surface area contributed by atoms with Crippen molar-refractivity contribution >= 4 is 17.5 Å². The van der Waals surface area contributed by atoms with Crippen LogP contribution in [0.15, 0.2) is 12.3 Å². The molecule has 0 radical (unpaired) electrons. The van der Waals surface area contributed by atoms with E-state index in [1.165, 1.54) is 7.11 Å². The van der Waals surface area contributed by atoms with Crippen molar-refractivity contribution in [1.29, 1.82) is 0 Å². The molecule has 1 rings (SSSR count). The number of anilines is 2. The van der Waals surface area contributed by atoms with Gasteiger partial charge in [-0.2, -0.15) is 0 Å². The molecule has 5 nitrogen and oxygen atoms in total. The van der Waals surface area contributed by atoms with Crippen molar-refractivity contribution in [2.24, 2.45) is 0 Å². The molecule has 1 heterocycles. The number of nitrogens with two attached hydrogens (primary N) is 1. The molecule has 0 unspecified atom stereocenters. The fraction of sp³-hybridized carbons (Fsp3) is 0.500. The molecule has 94 valence electrons. The predicted octanol–water partition coefficient (Wildman–Crippen LogP) is 1.69. The Kier molecular flexibility index (Phi) is 4.75. The van der Waals surface area contributed by atoms with E-state index in [-0.39, 0.29) is 0 Å². The molecule has 2 N–H and O–H groups in total. The Labute approximate surface area is 102 Å². The summed E-state index contributed by atoms with van der Waals surface area (Å²) in [6, 6.07) is 1.60. The number of hydrogen-bond acceptors (Lipinski definition) is 5. The molecule has 0 spiro atoms. The normalized spacial score (nSPS) is 10.1. The van der Waals surface area contributed by atoms with Crippen LogP contribution in [0.4, 0.5) is 11.5 Å². The third-order valence-electron chi connectivity index (χ3n) is 2.47. The van der Waals surface area contributed by atoms with Gasteiger partial charge in [-0.3, -0.25) is 0 Å². The maximum Gasteiger partial charge on any atom is 0.341 e. The second-order valence-corrected chi connectivity index (χ2v) is 3.71. The lowest BCUT2D eigenvalue weighted by Gasteiger charge is -2.23. The summed E-state index contributed by atoms with van der Waals surface area (Å²) >= 11 is 0. The Morgan fingerprint density at radius 1 is 1.53 bits per heavy atom. The summed E-state index contributed by atoms with van der Waals surface area (Å²) in [5, 5.41) is 0. The highest BCUT2D eigenvalue weighted by molar-refractivity contribution is 5.95. The number of pyridine rings is 1. The van der Waals surface area contributed by atoms with Crippen molar-refractivity contribution in [2.75, 3.05) is 30.8 Å². The smallest absolute Gasteiger partial charge is 0.341 e. The van der Waals surface area contributed by atoms with Crippen molar-refractivity contribution in [1.82, 2.24) is 4.98 Å². The number of esters is 1. The molecule has 17 heavy (non-hydrogen) atoms. The van der Waals surface area contributed by atoms with Crippen LogP contribution in [0.5, 0.6) is 0 Å². The van der Waals surface area contributed by atoms with Gasteiger partial charge in [0.1, 0.15) is 11.4 Å². The van der Waals surface area contributed by atoms with E-state index in [0.29, 0.717) is 17.1 Å². The molecule has 0 fully saturated rings. The number of rotatable bonds is 5. The highest BCUT2D eigenvalue weighted by Crippen LogP contribution is 2.21. The fourth-order valence-electron chi connectivity index (χ4n) is 1.67. The average molecular weight is 237 g/mol. The maximum atomic E-state index is 11.7. The first-order chi connectivity index (χ1) is 8.13. The van der Waals surface area contributed by atoms with E-state index in [2.05, 4.69) is 11.9 Å². The second-order valence-electron chi connectivity index (χ2n) is 3.71.